The highest BCUT2D eigenvalue weighted by Gasteiger charge is 2.52. The second-order valence-corrected chi connectivity index (χ2v) is 8.87. The van der Waals surface area contributed by atoms with E-state index >= 15 is 0 Å². The van der Waals surface area contributed by atoms with Gasteiger partial charge in [0.05, 0.1) is 19.3 Å². The molecule has 0 spiro atoms. The Balaban J connectivity index is 1.85. The fourth-order valence-corrected chi connectivity index (χ4v) is 6.23. The van der Waals surface area contributed by atoms with E-state index < -0.39 is 21.9 Å². The highest BCUT2D eigenvalue weighted by Crippen LogP contribution is 2.50. The number of halogens is 1. The SMILES string of the molecule is COC[C@@H]1CN(S(=O)(=O)c2c(C)noc2C)[C@H]2c3cc(F)ccc3OC[C@@H]12. The van der Waals surface area contributed by atoms with Crippen molar-refractivity contribution in [3.05, 3.63) is 41.0 Å². The van der Waals surface area contributed by atoms with E-state index in [1.807, 2.05) is 0 Å². The van der Waals surface area contributed by atoms with Crippen LogP contribution in [0.3, 0.4) is 0 Å². The molecule has 0 aliphatic carbocycles. The monoisotopic (exact) mass is 396 g/mol. The van der Waals surface area contributed by atoms with Crippen LogP contribution in [0.4, 0.5) is 4.39 Å². The number of hydrogen-bond donors (Lipinski definition) is 0. The predicted octanol–water partition coefficient (Wildman–Crippen LogP) is 2.45. The van der Waals surface area contributed by atoms with E-state index in [4.69, 9.17) is 14.0 Å². The summed E-state index contributed by atoms with van der Waals surface area (Å²) in [4.78, 5) is 0.0729. The van der Waals surface area contributed by atoms with Gasteiger partial charge >= 0.3 is 0 Å². The van der Waals surface area contributed by atoms with E-state index in [2.05, 4.69) is 5.16 Å². The average Bonchev–Trinajstić information content (AvgIpc) is 3.16. The fourth-order valence-electron chi connectivity index (χ4n) is 4.23. The normalized spacial score (nSPS) is 25.1. The molecule has 146 valence electrons. The largest absolute Gasteiger partial charge is 0.493 e. The van der Waals surface area contributed by atoms with Crippen molar-refractivity contribution in [3.63, 3.8) is 0 Å². The first-order valence-electron chi connectivity index (χ1n) is 8.70. The van der Waals surface area contributed by atoms with Crippen molar-refractivity contribution >= 4 is 10.0 Å². The molecule has 7 nitrogen and oxygen atoms in total. The Bertz CT molecular complexity index is 955. The van der Waals surface area contributed by atoms with E-state index in [0.717, 1.165) is 0 Å². The maximum absolute atomic E-state index is 13.9. The summed E-state index contributed by atoms with van der Waals surface area (Å²) in [5.41, 5.74) is 0.853. The zero-order valence-electron chi connectivity index (χ0n) is 15.3. The summed E-state index contributed by atoms with van der Waals surface area (Å²) in [6.07, 6.45) is 0. The first kappa shape index (κ1) is 18.4. The number of rotatable bonds is 4. The van der Waals surface area contributed by atoms with Crippen LogP contribution in [-0.2, 0) is 14.8 Å². The van der Waals surface area contributed by atoms with E-state index in [9.17, 15) is 12.8 Å². The third-order valence-corrected chi connectivity index (χ3v) is 7.47. The third kappa shape index (κ3) is 2.84. The molecule has 2 aliphatic rings. The van der Waals surface area contributed by atoms with Gasteiger partial charge in [-0.3, -0.25) is 0 Å². The predicted molar refractivity (Wildman–Crippen MR) is 93.4 cm³/mol. The van der Waals surface area contributed by atoms with Gasteiger partial charge in [0, 0.05) is 31.1 Å². The van der Waals surface area contributed by atoms with Gasteiger partial charge in [-0.1, -0.05) is 5.16 Å². The fraction of sp³-hybridized carbons (Fsp3) is 0.500. The number of hydrogen-bond acceptors (Lipinski definition) is 6. The summed E-state index contributed by atoms with van der Waals surface area (Å²) in [5.74, 6) is 0.129. The molecular formula is C18H21FN2O5S. The van der Waals surface area contributed by atoms with Crippen LogP contribution < -0.4 is 4.74 Å². The van der Waals surface area contributed by atoms with Crippen LogP contribution in [0, 0.1) is 31.5 Å². The van der Waals surface area contributed by atoms with Gasteiger partial charge < -0.3 is 14.0 Å². The lowest BCUT2D eigenvalue weighted by Gasteiger charge is -2.34. The average molecular weight is 396 g/mol. The molecule has 1 aromatic heterocycles. The molecule has 9 heteroatoms. The summed E-state index contributed by atoms with van der Waals surface area (Å²) < 4.78 is 58.5. The molecule has 0 radical (unpaired) electrons. The Morgan fingerprint density at radius 2 is 2.15 bits per heavy atom. The topological polar surface area (TPSA) is 81.9 Å². The lowest BCUT2D eigenvalue weighted by Crippen LogP contribution is -2.36. The number of fused-ring (bicyclic) bond motifs is 3. The number of methoxy groups -OCH3 is 1. The molecule has 1 aromatic carbocycles. The lowest BCUT2D eigenvalue weighted by atomic mass is 9.86. The molecule has 3 atom stereocenters. The van der Waals surface area contributed by atoms with Crippen LogP contribution in [0.5, 0.6) is 5.75 Å². The molecule has 2 aromatic rings. The van der Waals surface area contributed by atoms with Crippen molar-refractivity contribution in [3.8, 4) is 5.75 Å². The Labute approximate surface area is 157 Å². The third-order valence-electron chi connectivity index (χ3n) is 5.37. The standard InChI is InChI=1S/C18H21FN2O5S/c1-10-18(11(2)26-20-10)27(22,23)21-7-12(8-24-3)15-9-25-16-5-4-13(19)6-14(16)17(15)21/h4-6,12,15,17H,7-9H2,1-3H3/t12-,15-,17-/m0/s1. The van der Waals surface area contributed by atoms with Crippen LogP contribution >= 0.6 is 0 Å². The molecule has 0 bridgehead atoms. The Kier molecular flexibility index (Phi) is 4.48. The van der Waals surface area contributed by atoms with E-state index in [1.54, 1.807) is 27.0 Å². The minimum absolute atomic E-state index is 0.0633. The van der Waals surface area contributed by atoms with E-state index in [0.29, 0.717) is 30.2 Å². The quantitative estimate of drug-likeness (QED) is 0.790. The maximum Gasteiger partial charge on any atom is 0.249 e. The smallest absolute Gasteiger partial charge is 0.249 e. The van der Waals surface area contributed by atoms with Crippen molar-refractivity contribution in [1.29, 1.82) is 0 Å². The highest BCUT2D eigenvalue weighted by molar-refractivity contribution is 7.89. The zero-order valence-corrected chi connectivity index (χ0v) is 16.1. The summed E-state index contributed by atoms with van der Waals surface area (Å²) in [6, 6.07) is 3.69. The molecule has 0 saturated carbocycles. The number of aryl methyl sites for hydroxylation is 2. The van der Waals surface area contributed by atoms with Crippen molar-refractivity contribution in [1.82, 2.24) is 9.46 Å². The van der Waals surface area contributed by atoms with Gasteiger partial charge in [-0.05, 0) is 32.0 Å². The van der Waals surface area contributed by atoms with Crippen molar-refractivity contribution in [2.45, 2.75) is 24.8 Å². The molecule has 3 heterocycles. The zero-order chi connectivity index (χ0) is 19.3. The molecule has 1 fully saturated rings. The van der Waals surface area contributed by atoms with Crippen LogP contribution in [0.2, 0.25) is 0 Å². The van der Waals surface area contributed by atoms with E-state index in [1.165, 1.54) is 16.4 Å². The van der Waals surface area contributed by atoms with Crippen molar-refractivity contribution < 1.29 is 26.8 Å². The lowest BCUT2D eigenvalue weighted by molar-refractivity contribution is 0.101. The molecule has 2 aliphatic heterocycles. The summed E-state index contributed by atoms with van der Waals surface area (Å²) >= 11 is 0. The first-order chi connectivity index (χ1) is 12.8. The molecule has 4 rings (SSSR count). The van der Waals surface area contributed by atoms with Gasteiger partial charge in [-0.2, -0.15) is 4.31 Å². The summed E-state index contributed by atoms with van der Waals surface area (Å²) in [7, 11) is -2.31. The maximum atomic E-state index is 13.9. The second kappa shape index (κ2) is 6.57. The molecular weight excluding hydrogens is 375 g/mol. The van der Waals surface area contributed by atoms with Gasteiger partial charge in [-0.25, -0.2) is 12.8 Å². The first-order valence-corrected chi connectivity index (χ1v) is 10.1. The molecule has 27 heavy (non-hydrogen) atoms. The Morgan fingerprint density at radius 3 is 2.81 bits per heavy atom. The second-order valence-electron chi connectivity index (χ2n) is 7.05. The van der Waals surface area contributed by atoms with Crippen LogP contribution in [0.1, 0.15) is 23.1 Å². The summed E-state index contributed by atoms with van der Waals surface area (Å²) in [6.45, 7) is 4.18. The van der Waals surface area contributed by atoms with Crippen LogP contribution in [0.25, 0.3) is 0 Å². The number of nitrogens with zero attached hydrogens (tertiary/aromatic N) is 2. The molecule has 0 N–H and O–H groups in total. The van der Waals surface area contributed by atoms with Gasteiger partial charge in [0.1, 0.15) is 22.2 Å². The minimum atomic E-state index is -3.89. The Hall–Kier alpha value is -1.97. The van der Waals surface area contributed by atoms with Crippen molar-refractivity contribution in [2.24, 2.45) is 11.8 Å². The summed E-state index contributed by atoms with van der Waals surface area (Å²) in [5, 5.41) is 3.78. The molecule has 1 saturated heterocycles. The van der Waals surface area contributed by atoms with Gasteiger partial charge in [0.25, 0.3) is 0 Å². The number of aromatic nitrogens is 1. The van der Waals surface area contributed by atoms with Crippen molar-refractivity contribution in [2.75, 3.05) is 26.9 Å². The van der Waals surface area contributed by atoms with Crippen LogP contribution in [0.15, 0.2) is 27.6 Å². The van der Waals surface area contributed by atoms with Crippen LogP contribution in [-0.4, -0.2) is 44.7 Å². The highest BCUT2D eigenvalue weighted by atomic mass is 32.2. The number of ether oxygens (including phenoxy) is 2. The molecule has 0 unspecified atom stereocenters. The number of sulfonamides is 1. The molecule has 0 amide bonds. The van der Waals surface area contributed by atoms with E-state index in [-0.39, 0.29) is 29.0 Å². The van der Waals surface area contributed by atoms with Gasteiger partial charge in [-0.15, -0.1) is 0 Å². The minimum Gasteiger partial charge on any atom is -0.493 e. The Morgan fingerprint density at radius 1 is 1.37 bits per heavy atom. The van der Waals surface area contributed by atoms with Gasteiger partial charge in [0.15, 0.2) is 5.76 Å². The van der Waals surface area contributed by atoms with Gasteiger partial charge in [0.2, 0.25) is 10.0 Å². The number of benzene rings is 1.